The minimum atomic E-state index is 0.0248. The molecule has 0 aromatic rings. The first kappa shape index (κ1) is 7.50. The third kappa shape index (κ3) is 2.64. The first-order chi connectivity index (χ1) is 3.68. The van der Waals surface area contributed by atoms with Crippen LogP contribution in [0.3, 0.4) is 0 Å². The van der Waals surface area contributed by atoms with E-state index in [0.717, 1.165) is 5.57 Å². The lowest BCUT2D eigenvalue weighted by Gasteiger charge is -1.96. The molecule has 0 saturated heterocycles. The van der Waals surface area contributed by atoms with Gasteiger partial charge in [-0.05, 0) is 19.4 Å². The number of aliphatic hydroxyl groups excluding tert-OH is 2. The zero-order valence-electron chi connectivity index (χ0n) is 5.31. The van der Waals surface area contributed by atoms with Crippen molar-refractivity contribution in [1.29, 1.82) is 0 Å². The van der Waals surface area contributed by atoms with Gasteiger partial charge in [-0.1, -0.05) is 0 Å². The van der Waals surface area contributed by atoms with E-state index in [0.29, 0.717) is 12.2 Å². The van der Waals surface area contributed by atoms with Gasteiger partial charge in [0.2, 0.25) is 0 Å². The highest BCUT2D eigenvalue weighted by Gasteiger charge is 1.91. The van der Waals surface area contributed by atoms with Gasteiger partial charge in [-0.15, -0.1) is 0 Å². The molecule has 0 spiro atoms. The molecule has 8 heavy (non-hydrogen) atoms. The maximum Gasteiger partial charge on any atom is 0.0931 e. The van der Waals surface area contributed by atoms with E-state index < -0.39 is 0 Å². The van der Waals surface area contributed by atoms with Crippen LogP contribution in [0.5, 0.6) is 0 Å². The van der Waals surface area contributed by atoms with Crippen molar-refractivity contribution in [2.24, 2.45) is 0 Å². The van der Waals surface area contributed by atoms with Crippen LogP contribution in [0.4, 0.5) is 0 Å². The van der Waals surface area contributed by atoms with E-state index in [-0.39, 0.29) is 6.61 Å². The van der Waals surface area contributed by atoms with Gasteiger partial charge in [-0.25, -0.2) is 0 Å². The summed E-state index contributed by atoms with van der Waals surface area (Å²) in [5, 5.41) is 17.1. The van der Waals surface area contributed by atoms with Gasteiger partial charge < -0.3 is 10.2 Å². The number of allylic oxidation sites excluding steroid dienone is 1. The van der Waals surface area contributed by atoms with Crippen molar-refractivity contribution in [3.8, 4) is 0 Å². The van der Waals surface area contributed by atoms with Gasteiger partial charge in [0.1, 0.15) is 0 Å². The number of hydrogen-bond acceptors (Lipinski definition) is 2. The molecule has 0 aliphatic rings. The lowest BCUT2D eigenvalue weighted by Crippen LogP contribution is -1.88. The van der Waals surface area contributed by atoms with Crippen LogP contribution in [0.25, 0.3) is 0 Å². The molecule has 0 heterocycles. The summed E-state index contributed by atoms with van der Waals surface area (Å²) >= 11 is 0. The summed E-state index contributed by atoms with van der Waals surface area (Å²) in [6, 6.07) is 0. The molecule has 2 nitrogen and oxygen atoms in total. The molecular formula is C6H12O2. The molecule has 0 atom stereocenters. The highest BCUT2D eigenvalue weighted by molar-refractivity contribution is 5.00. The minimum absolute atomic E-state index is 0.0248. The van der Waals surface area contributed by atoms with Crippen LogP contribution >= 0.6 is 0 Å². The molecule has 48 valence electrons. The highest BCUT2D eigenvalue weighted by atomic mass is 16.3. The van der Waals surface area contributed by atoms with Crippen LogP contribution in [-0.4, -0.2) is 16.8 Å². The largest absolute Gasteiger partial charge is 0.512 e. The Kier molecular flexibility index (Phi) is 3.28. The van der Waals surface area contributed by atoms with Crippen LogP contribution in [0.15, 0.2) is 11.3 Å². The van der Waals surface area contributed by atoms with Crippen LogP contribution in [0, 0.1) is 0 Å². The molecule has 0 radical (unpaired) electrons. The predicted octanol–water partition coefficient (Wildman–Crippen LogP) is 1.22. The smallest absolute Gasteiger partial charge is 0.0931 e. The monoisotopic (exact) mass is 116 g/mol. The quantitative estimate of drug-likeness (QED) is 0.532. The Morgan fingerprint density at radius 3 is 2.00 bits per heavy atom. The third-order valence-corrected chi connectivity index (χ3v) is 0.926. The van der Waals surface area contributed by atoms with Gasteiger partial charge in [-0.3, -0.25) is 0 Å². The molecule has 0 amide bonds. The van der Waals surface area contributed by atoms with Gasteiger partial charge in [0, 0.05) is 6.42 Å². The van der Waals surface area contributed by atoms with E-state index in [2.05, 4.69) is 0 Å². The maximum absolute atomic E-state index is 8.85. The van der Waals surface area contributed by atoms with Crippen LogP contribution in [-0.2, 0) is 0 Å². The normalized spacial score (nSPS) is 8.88. The van der Waals surface area contributed by atoms with E-state index in [9.17, 15) is 0 Å². The molecule has 0 saturated carbocycles. The topological polar surface area (TPSA) is 40.5 Å². The van der Waals surface area contributed by atoms with E-state index in [1.165, 1.54) is 0 Å². The van der Waals surface area contributed by atoms with Gasteiger partial charge in [0.25, 0.3) is 0 Å². The van der Waals surface area contributed by atoms with Crippen molar-refractivity contribution in [1.82, 2.24) is 0 Å². The molecule has 2 N–H and O–H groups in total. The van der Waals surface area contributed by atoms with E-state index in [1.807, 2.05) is 13.8 Å². The highest BCUT2D eigenvalue weighted by Crippen LogP contribution is 2.01. The SMILES string of the molecule is CC(C)=C(O)CCO. The Bertz CT molecular complexity index is 90.7. The zero-order chi connectivity index (χ0) is 6.57. The molecule has 2 heteroatoms. The van der Waals surface area contributed by atoms with Crippen molar-refractivity contribution < 1.29 is 10.2 Å². The second-order valence-corrected chi connectivity index (χ2v) is 1.92. The second kappa shape index (κ2) is 3.50. The fourth-order valence-corrected chi connectivity index (χ4v) is 0.356. The molecule has 0 aromatic carbocycles. The fourth-order valence-electron chi connectivity index (χ4n) is 0.356. The summed E-state index contributed by atoms with van der Waals surface area (Å²) in [7, 11) is 0. The van der Waals surface area contributed by atoms with Gasteiger partial charge in [0.05, 0.1) is 12.4 Å². The Labute approximate surface area is 49.5 Å². The standard InChI is InChI=1S/C6H12O2/c1-5(2)6(8)3-4-7/h7-8H,3-4H2,1-2H3. The van der Waals surface area contributed by atoms with Crippen molar-refractivity contribution in [3.05, 3.63) is 11.3 Å². The Hall–Kier alpha value is -0.500. The summed E-state index contributed by atoms with van der Waals surface area (Å²) in [5.41, 5.74) is 0.874. The van der Waals surface area contributed by atoms with E-state index in [1.54, 1.807) is 0 Å². The van der Waals surface area contributed by atoms with Crippen molar-refractivity contribution in [2.75, 3.05) is 6.61 Å². The number of hydrogen-bond donors (Lipinski definition) is 2. The van der Waals surface area contributed by atoms with Crippen LogP contribution in [0.2, 0.25) is 0 Å². The molecule has 0 aliphatic heterocycles. The van der Waals surface area contributed by atoms with Gasteiger partial charge in [0.15, 0.2) is 0 Å². The summed E-state index contributed by atoms with van der Waals surface area (Å²) in [6.07, 6.45) is 0.377. The maximum atomic E-state index is 8.85. The molecule has 0 bridgehead atoms. The average Bonchev–Trinajstić information content (AvgIpc) is 1.67. The van der Waals surface area contributed by atoms with Crippen LogP contribution < -0.4 is 0 Å². The average molecular weight is 116 g/mol. The van der Waals surface area contributed by atoms with Crippen molar-refractivity contribution >= 4 is 0 Å². The number of rotatable bonds is 2. The van der Waals surface area contributed by atoms with Gasteiger partial charge >= 0.3 is 0 Å². The second-order valence-electron chi connectivity index (χ2n) is 1.92. The zero-order valence-corrected chi connectivity index (χ0v) is 5.31. The molecule has 0 aromatic heterocycles. The van der Waals surface area contributed by atoms with Crippen LogP contribution in [0.1, 0.15) is 20.3 Å². The Balaban J connectivity index is 3.62. The molecule has 0 fully saturated rings. The Morgan fingerprint density at radius 1 is 1.38 bits per heavy atom. The first-order valence-electron chi connectivity index (χ1n) is 2.64. The van der Waals surface area contributed by atoms with E-state index in [4.69, 9.17) is 10.2 Å². The molecular weight excluding hydrogens is 104 g/mol. The minimum Gasteiger partial charge on any atom is -0.512 e. The van der Waals surface area contributed by atoms with E-state index >= 15 is 0 Å². The fraction of sp³-hybridized carbons (Fsp3) is 0.667. The third-order valence-electron chi connectivity index (χ3n) is 0.926. The van der Waals surface area contributed by atoms with Gasteiger partial charge in [-0.2, -0.15) is 0 Å². The number of aliphatic hydroxyl groups is 2. The summed E-state index contributed by atoms with van der Waals surface area (Å²) < 4.78 is 0. The van der Waals surface area contributed by atoms with Crippen molar-refractivity contribution in [2.45, 2.75) is 20.3 Å². The molecule has 0 rings (SSSR count). The summed E-state index contributed by atoms with van der Waals surface area (Å²) in [5.74, 6) is 0.299. The molecule has 0 unspecified atom stereocenters. The lowest BCUT2D eigenvalue weighted by atomic mass is 10.2. The predicted molar refractivity (Wildman–Crippen MR) is 32.7 cm³/mol. The first-order valence-corrected chi connectivity index (χ1v) is 2.64. The van der Waals surface area contributed by atoms with Crippen molar-refractivity contribution in [3.63, 3.8) is 0 Å². The Morgan fingerprint density at radius 2 is 1.88 bits per heavy atom. The lowest BCUT2D eigenvalue weighted by molar-refractivity contribution is 0.266. The summed E-state index contributed by atoms with van der Waals surface area (Å²) in [6.45, 7) is 3.65. The summed E-state index contributed by atoms with van der Waals surface area (Å²) in [4.78, 5) is 0. The molecule has 0 aliphatic carbocycles.